The molecule has 0 aliphatic carbocycles. The van der Waals surface area contributed by atoms with Crippen molar-refractivity contribution in [1.82, 2.24) is 20.4 Å². The van der Waals surface area contributed by atoms with Crippen LogP contribution in [-0.2, 0) is 12.0 Å². The van der Waals surface area contributed by atoms with Crippen molar-refractivity contribution in [2.75, 3.05) is 20.1 Å². The Morgan fingerprint density at radius 2 is 2.05 bits per heavy atom. The number of nitrogens with one attached hydrogen (secondary N) is 2. The summed E-state index contributed by atoms with van der Waals surface area (Å²) in [6, 6.07) is 2.85. The van der Waals surface area contributed by atoms with Gasteiger partial charge in [0.1, 0.15) is 0 Å². The molecule has 2 N–H and O–H groups in total. The smallest absolute Gasteiger partial charge is 0.0678 e. The van der Waals surface area contributed by atoms with Crippen LogP contribution in [0, 0.1) is 0 Å². The predicted octanol–water partition coefficient (Wildman–Crippen LogP) is 2.73. The molecule has 1 aliphatic heterocycles. The molecule has 0 spiro atoms. The molecule has 0 saturated carbocycles. The van der Waals surface area contributed by atoms with Crippen molar-refractivity contribution in [2.24, 2.45) is 0 Å². The first-order chi connectivity index (χ1) is 8.47. The van der Waals surface area contributed by atoms with Crippen LogP contribution in [0.3, 0.4) is 0 Å². The molecule has 1 saturated heterocycles. The third-order valence-electron chi connectivity index (χ3n) is 3.71. The largest absolute Gasteiger partial charge is 0.315 e. The van der Waals surface area contributed by atoms with Gasteiger partial charge in [-0.05, 0) is 32.5 Å². The Hall–Kier alpha value is -0.290. The van der Waals surface area contributed by atoms with Gasteiger partial charge in [0, 0.05) is 30.2 Å². The summed E-state index contributed by atoms with van der Waals surface area (Å²) < 4.78 is 0. The Balaban J connectivity index is 0.00000180. The average molecular weight is 323 g/mol. The minimum absolute atomic E-state index is 0. The Morgan fingerprint density at radius 1 is 1.35 bits per heavy atom. The molecule has 20 heavy (non-hydrogen) atoms. The van der Waals surface area contributed by atoms with Gasteiger partial charge in [-0.2, -0.15) is 5.10 Å². The molecule has 2 rings (SSSR count). The number of hydrogen-bond donors (Lipinski definition) is 2. The summed E-state index contributed by atoms with van der Waals surface area (Å²) in [5, 5.41) is 11.1. The number of H-pyrrole nitrogens is 1. The van der Waals surface area contributed by atoms with Crippen LogP contribution < -0.4 is 5.32 Å². The van der Waals surface area contributed by atoms with Gasteiger partial charge in [-0.15, -0.1) is 24.8 Å². The summed E-state index contributed by atoms with van der Waals surface area (Å²) >= 11 is 0. The van der Waals surface area contributed by atoms with Gasteiger partial charge in [0.25, 0.3) is 0 Å². The van der Waals surface area contributed by atoms with Crippen LogP contribution in [0.25, 0.3) is 0 Å². The van der Waals surface area contributed by atoms with E-state index in [-0.39, 0.29) is 30.2 Å². The van der Waals surface area contributed by atoms with Crippen molar-refractivity contribution in [2.45, 2.75) is 51.6 Å². The fraction of sp³-hybridized carbons (Fsp3) is 0.786. The Morgan fingerprint density at radius 3 is 2.55 bits per heavy atom. The lowest BCUT2D eigenvalue weighted by molar-refractivity contribution is 0.194. The summed E-state index contributed by atoms with van der Waals surface area (Å²) in [6.45, 7) is 9.82. The van der Waals surface area contributed by atoms with E-state index in [9.17, 15) is 0 Å². The van der Waals surface area contributed by atoms with Gasteiger partial charge in [0.15, 0.2) is 0 Å². The molecular weight excluding hydrogens is 295 g/mol. The minimum Gasteiger partial charge on any atom is -0.315 e. The fourth-order valence-corrected chi connectivity index (χ4v) is 2.43. The molecule has 6 heteroatoms. The third kappa shape index (κ3) is 5.24. The molecule has 1 aliphatic rings. The van der Waals surface area contributed by atoms with E-state index in [1.165, 1.54) is 25.1 Å². The highest BCUT2D eigenvalue weighted by atomic mass is 35.5. The van der Waals surface area contributed by atoms with Gasteiger partial charge in [0.05, 0.1) is 5.69 Å². The molecule has 0 amide bonds. The third-order valence-corrected chi connectivity index (χ3v) is 3.71. The second-order valence-corrected chi connectivity index (χ2v) is 6.44. The second-order valence-electron chi connectivity index (χ2n) is 6.44. The standard InChI is InChI=1S/C14H26N4.2ClH/c1-14(2,3)13-8-11(16-17-13)10-18(4)12-6-5-7-15-9-12;;/h8,12,15H,5-7,9-10H2,1-4H3,(H,16,17);2*1H. The van der Waals surface area contributed by atoms with Crippen molar-refractivity contribution in [1.29, 1.82) is 0 Å². The van der Waals surface area contributed by atoms with E-state index in [0.29, 0.717) is 6.04 Å². The van der Waals surface area contributed by atoms with Gasteiger partial charge in [-0.1, -0.05) is 20.8 Å². The van der Waals surface area contributed by atoms with E-state index in [1.807, 2.05) is 0 Å². The second kappa shape index (κ2) is 8.23. The number of aromatic nitrogens is 2. The van der Waals surface area contributed by atoms with Gasteiger partial charge in [0.2, 0.25) is 0 Å². The van der Waals surface area contributed by atoms with E-state index >= 15 is 0 Å². The highest BCUT2D eigenvalue weighted by molar-refractivity contribution is 5.85. The first kappa shape index (κ1) is 19.7. The van der Waals surface area contributed by atoms with Crippen molar-refractivity contribution in [3.8, 4) is 0 Å². The number of piperidine rings is 1. The number of halogens is 2. The lowest BCUT2D eigenvalue weighted by Crippen LogP contribution is -2.43. The first-order valence-electron chi connectivity index (χ1n) is 6.92. The van der Waals surface area contributed by atoms with Gasteiger partial charge in [-0.3, -0.25) is 10.00 Å². The van der Waals surface area contributed by atoms with E-state index in [1.54, 1.807) is 0 Å². The summed E-state index contributed by atoms with van der Waals surface area (Å²) in [4.78, 5) is 2.42. The van der Waals surface area contributed by atoms with Gasteiger partial charge >= 0.3 is 0 Å². The molecule has 118 valence electrons. The molecule has 0 bridgehead atoms. The minimum atomic E-state index is 0. The molecule has 1 aromatic rings. The number of hydrogen-bond acceptors (Lipinski definition) is 3. The van der Waals surface area contributed by atoms with Crippen LogP contribution in [0.5, 0.6) is 0 Å². The zero-order valence-corrected chi connectivity index (χ0v) is 14.5. The molecule has 4 nitrogen and oxygen atoms in total. The average Bonchev–Trinajstić information content (AvgIpc) is 2.78. The van der Waals surface area contributed by atoms with Crippen molar-refractivity contribution in [3.63, 3.8) is 0 Å². The fourth-order valence-electron chi connectivity index (χ4n) is 2.43. The Labute approximate surface area is 134 Å². The first-order valence-corrected chi connectivity index (χ1v) is 6.92. The lowest BCUT2D eigenvalue weighted by atomic mass is 9.92. The summed E-state index contributed by atoms with van der Waals surface area (Å²) in [7, 11) is 2.20. The quantitative estimate of drug-likeness (QED) is 0.899. The Bertz CT molecular complexity index is 381. The van der Waals surface area contributed by atoms with Crippen LogP contribution in [0.2, 0.25) is 0 Å². The van der Waals surface area contributed by atoms with E-state index in [0.717, 1.165) is 18.8 Å². The molecular formula is C14H28Cl2N4. The molecule has 2 heterocycles. The molecule has 1 fully saturated rings. The maximum Gasteiger partial charge on any atom is 0.0678 e. The van der Waals surface area contributed by atoms with Crippen LogP contribution >= 0.6 is 24.8 Å². The molecule has 0 radical (unpaired) electrons. The maximum atomic E-state index is 4.42. The van der Waals surface area contributed by atoms with Crippen LogP contribution in [0.1, 0.15) is 45.0 Å². The van der Waals surface area contributed by atoms with E-state index in [2.05, 4.69) is 54.3 Å². The topological polar surface area (TPSA) is 44.0 Å². The van der Waals surface area contributed by atoms with E-state index < -0.39 is 0 Å². The molecule has 1 atom stereocenters. The van der Waals surface area contributed by atoms with Crippen LogP contribution in [0.15, 0.2) is 6.07 Å². The summed E-state index contributed by atoms with van der Waals surface area (Å²) in [5.74, 6) is 0. The zero-order chi connectivity index (χ0) is 13.2. The van der Waals surface area contributed by atoms with Crippen molar-refractivity contribution < 1.29 is 0 Å². The van der Waals surface area contributed by atoms with Gasteiger partial charge in [-0.25, -0.2) is 0 Å². The number of rotatable bonds is 3. The molecule has 1 unspecified atom stereocenters. The number of aromatic amines is 1. The SMILES string of the molecule is CN(Cc1cc(C(C)(C)C)n[nH]1)C1CCCNC1.Cl.Cl. The van der Waals surface area contributed by atoms with Gasteiger partial charge < -0.3 is 5.32 Å². The molecule has 0 aromatic carbocycles. The summed E-state index contributed by atoms with van der Waals surface area (Å²) in [5.41, 5.74) is 2.49. The summed E-state index contributed by atoms with van der Waals surface area (Å²) in [6.07, 6.45) is 2.58. The highest BCUT2D eigenvalue weighted by Crippen LogP contribution is 2.21. The lowest BCUT2D eigenvalue weighted by Gasteiger charge is -2.31. The normalized spacial score (nSPS) is 19.4. The monoisotopic (exact) mass is 322 g/mol. The van der Waals surface area contributed by atoms with E-state index in [4.69, 9.17) is 0 Å². The zero-order valence-electron chi connectivity index (χ0n) is 12.9. The maximum absolute atomic E-state index is 4.42. The molecule has 1 aromatic heterocycles. The number of nitrogens with zero attached hydrogens (tertiary/aromatic N) is 2. The number of likely N-dealkylation sites (N-methyl/N-ethyl adjacent to an activating group) is 1. The predicted molar refractivity (Wildman–Crippen MR) is 89.1 cm³/mol. The van der Waals surface area contributed by atoms with Crippen LogP contribution in [0.4, 0.5) is 0 Å². The van der Waals surface area contributed by atoms with Crippen molar-refractivity contribution >= 4 is 24.8 Å². The van der Waals surface area contributed by atoms with Crippen LogP contribution in [-0.4, -0.2) is 41.3 Å². The Kier molecular flexibility index (Phi) is 8.11. The van der Waals surface area contributed by atoms with Crippen molar-refractivity contribution in [3.05, 3.63) is 17.5 Å². The highest BCUT2D eigenvalue weighted by Gasteiger charge is 2.20.